The Balaban J connectivity index is 1.87. The summed E-state index contributed by atoms with van der Waals surface area (Å²) in [6.07, 6.45) is 13.9. The van der Waals surface area contributed by atoms with E-state index in [1.807, 2.05) is 0 Å². The Hall–Kier alpha value is -2.38. The molecule has 2 aromatic rings. The molecular formula is C24H24Si. The molecule has 0 saturated heterocycles. The van der Waals surface area contributed by atoms with Crippen molar-refractivity contribution >= 4 is 20.2 Å². The summed E-state index contributed by atoms with van der Waals surface area (Å²) in [6, 6.07) is 20.0. The van der Waals surface area contributed by atoms with Gasteiger partial charge in [0.05, 0.1) is 8.07 Å². The highest BCUT2D eigenvalue weighted by atomic mass is 28.3. The van der Waals surface area contributed by atoms with E-state index in [2.05, 4.69) is 98.1 Å². The van der Waals surface area contributed by atoms with Gasteiger partial charge in [-0.3, -0.25) is 0 Å². The summed E-state index contributed by atoms with van der Waals surface area (Å²) >= 11 is 0. The number of hydrogen-bond donors (Lipinski definition) is 0. The van der Waals surface area contributed by atoms with Crippen LogP contribution in [0.1, 0.15) is 33.3 Å². The second-order valence-electron chi connectivity index (χ2n) is 7.15. The molecule has 0 N–H and O–H groups in total. The third-order valence-electron chi connectivity index (χ3n) is 5.89. The smallest absolute Gasteiger partial charge is 0.0847 e. The van der Waals surface area contributed by atoms with Gasteiger partial charge in [0, 0.05) is 0 Å². The van der Waals surface area contributed by atoms with Crippen molar-refractivity contribution in [3.8, 4) is 0 Å². The lowest BCUT2D eigenvalue weighted by Crippen LogP contribution is -2.45. The normalized spacial score (nSPS) is 20.3. The molecule has 0 amide bonds. The molecule has 25 heavy (non-hydrogen) atoms. The van der Waals surface area contributed by atoms with Crippen LogP contribution >= 0.6 is 0 Å². The zero-order valence-electron chi connectivity index (χ0n) is 14.6. The fraction of sp³-hybridized carbons (Fsp3) is 0.167. The Kier molecular flexibility index (Phi) is 4.18. The van der Waals surface area contributed by atoms with Crippen molar-refractivity contribution in [1.82, 2.24) is 0 Å². The molecule has 0 bridgehead atoms. The summed E-state index contributed by atoms with van der Waals surface area (Å²) < 4.78 is 0. The first-order chi connectivity index (χ1) is 12.3. The summed E-state index contributed by atoms with van der Waals surface area (Å²) in [4.78, 5) is 0. The predicted molar refractivity (Wildman–Crippen MR) is 112 cm³/mol. The largest absolute Gasteiger partial charge is 0.103 e. The monoisotopic (exact) mass is 340 g/mol. The van der Waals surface area contributed by atoms with Crippen LogP contribution in [0, 0.1) is 0 Å². The number of fused-ring (bicyclic) bond motifs is 2. The zero-order valence-corrected chi connectivity index (χ0v) is 15.6. The molecule has 0 spiro atoms. The molecular weight excluding hydrogens is 316 g/mol. The Morgan fingerprint density at radius 1 is 0.720 bits per heavy atom. The first-order valence-corrected chi connectivity index (χ1v) is 11.6. The molecule has 2 aliphatic rings. The van der Waals surface area contributed by atoms with E-state index in [9.17, 15) is 0 Å². The molecule has 0 aliphatic heterocycles. The Labute approximate surface area is 151 Å². The van der Waals surface area contributed by atoms with Crippen molar-refractivity contribution in [3.05, 3.63) is 108 Å². The molecule has 124 valence electrons. The minimum Gasteiger partial charge on any atom is -0.103 e. The van der Waals surface area contributed by atoms with Gasteiger partial charge in [-0.05, 0) is 45.4 Å². The van der Waals surface area contributed by atoms with E-state index in [4.69, 9.17) is 0 Å². The van der Waals surface area contributed by atoms with Crippen LogP contribution in [0.4, 0.5) is 0 Å². The Morgan fingerprint density at radius 2 is 1.16 bits per heavy atom. The standard InChI is InChI=1S/C24H24Si/c1-3-17-25(18-4-2,23-15-13-19-9-5-7-11-21(19)23)24-16-14-20-10-6-8-12-22(20)24/h3-16,23-24H,1-2,17-18H2. The van der Waals surface area contributed by atoms with Gasteiger partial charge in [0.1, 0.15) is 0 Å². The average Bonchev–Trinajstić information content (AvgIpc) is 3.26. The van der Waals surface area contributed by atoms with Crippen LogP contribution in [0.25, 0.3) is 12.2 Å². The molecule has 0 aromatic heterocycles. The second kappa shape index (κ2) is 6.49. The van der Waals surface area contributed by atoms with Crippen LogP contribution in [0.15, 0.2) is 86.0 Å². The van der Waals surface area contributed by atoms with E-state index >= 15 is 0 Å². The summed E-state index contributed by atoms with van der Waals surface area (Å²) in [7, 11) is -1.84. The molecule has 0 nitrogen and oxygen atoms in total. The maximum atomic E-state index is 4.13. The maximum absolute atomic E-state index is 4.13. The van der Waals surface area contributed by atoms with Crippen LogP contribution in [0.3, 0.4) is 0 Å². The van der Waals surface area contributed by atoms with Crippen LogP contribution in [0.5, 0.6) is 0 Å². The Bertz CT molecular complexity index is 798. The van der Waals surface area contributed by atoms with Crippen molar-refractivity contribution in [2.75, 3.05) is 0 Å². The van der Waals surface area contributed by atoms with E-state index in [0.717, 1.165) is 12.1 Å². The van der Waals surface area contributed by atoms with Gasteiger partial charge >= 0.3 is 0 Å². The lowest BCUT2D eigenvalue weighted by Gasteiger charge is -2.41. The van der Waals surface area contributed by atoms with Gasteiger partial charge in [-0.1, -0.05) is 85.0 Å². The minimum atomic E-state index is -1.84. The molecule has 0 heterocycles. The van der Waals surface area contributed by atoms with Crippen LogP contribution in [-0.4, -0.2) is 8.07 Å². The highest BCUT2D eigenvalue weighted by Gasteiger charge is 2.47. The summed E-state index contributed by atoms with van der Waals surface area (Å²) in [6.45, 7) is 8.27. The van der Waals surface area contributed by atoms with Gasteiger partial charge in [-0.15, -0.1) is 13.2 Å². The van der Waals surface area contributed by atoms with Crippen molar-refractivity contribution < 1.29 is 0 Å². The van der Waals surface area contributed by atoms with Crippen molar-refractivity contribution in [2.45, 2.75) is 23.2 Å². The van der Waals surface area contributed by atoms with E-state index in [-0.39, 0.29) is 0 Å². The number of benzene rings is 2. The average molecular weight is 341 g/mol. The lowest BCUT2D eigenvalue weighted by atomic mass is 10.1. The highest BCUT2D eigenvalue weighted by Crippen LogP contribution is 2.50. The maximum Gasteiger partial charge on any atom is 0.0847 e. The zero-order chi connectivity index (χ0) is 17.3. The van der Waals surface area contributed by atoms with E-state index < -0.39 is 8.07 Å². The van der Waals surface area contributed by atoms with Gasteiger partial charge in [0.25, 0.3) is 0 Å². The van der Waals surface area contributed by atoms with Gasteiger partial charge in [-0.25, -0.2) is 0 Å². The third-order valence-corrected chi connectivity index (χ3v) is 11.5. The number of allylic oxidation sites excluding steroid dienone is 4. The fourth-order valence-corrected chi connectivity index (χ4v) is 10.2. The minimum absolute atomic E-state index is 0.514. The topological polar surface area (TPSA) is 0 Å². The quantitative estimate of drug-likeness (QED) is 0.415. The number of rotatable bonds is 6. The second-order valence-corrected chi connectivity index (χ2v) is 11.7. The molecule has 2 aromatic carbocycles. The molecule has 2 atom stereocenters. The predicted octanol–water partition coefficient (Wildman–Crippen LogP) is 6.51. The summed E-state index contributed by atoms with van der Waals surface area (Å²) in [5.41, 5.74) is 6.79. The first-order valence-electron chi connectivity index (χ1n) is 9.06. The molecule has 4 rings (SSSR count). The van der Waals surface area contributed by atoms with Gasteiger partial charge in [-0.2, -0.15) is 0 Å². The van der Waals surface area contributed by atoms with E-state index in [0.29, 0.717) is 11.1 Å². The summed E-state index contributed by atoms with van der Waals surface area (Å²) in [5.74, 6) is 0. The molecule has 2 aliphatic carbocycles. The highest BCUT2D eigenvalue weighted by molar-refractivity contribution is 6.84. The Morgan fingerprint density at radius 3 is 1.60 bits per heavy atom. The molecule has 0 radical (unpaired) electrons. The van der Waals surface area contributed by atoms with Crippen LogP contribution in [0.2, 0.25) is 12.1 Å². The molecule has 1 heteroatoms. The van der Waals surface area contributed by atoms with E-state index in [1.54, 1.807) is 0 Å². The lowest BCUT2D eigenvalue weighted by molar-refractivity contribution is 1.01. The molecule has 0 fully saturated rings. The van der Waals surface area contributed by atoms with Gasteiger partial charge < -0.3 is 0 Å². The SMILES string of the molecule is C=CC[Si](CC=C)(C1C=Cc2ccccc21)C1C=Cc2ccccc21. The van der Waals surface area contributed by atoms with Crippen molar-refractivity contribution in [2.24, 2.45) is 0 Å². The van der Waals surface area contributed by atoms with Crippen LogP contribution in [-0.2, 0) is 0 Å². The van der Waals surface area contributed by atoms with Gasteiger partial charge in [0.2, 0.25) is 0 Å². The third kappa shape index (κ3) is 2.51. The molecule has 0 saturated carbocycles. The van der Waals surface area contributed by atoms with Crippen molar-refractivity contribution in [1.29, 1.82) is 0 Å². The molecule has 2 unspecified atom stereocenters. The first kappa shape index (κ1) is 16.1. The van der Waals surface area contributed by atoms with E-state index in [1.165, 1.54) is 22.3 Å². The number of hydrogen-bond acceptors (Lipinski definition) is 0. The summed E-state index contributed by atoms with van der Waals surface area (Å²) in [5, 5.41) is 0. The van der Waals surface area contributed by atoms with Crippen LogP contribution < -0.4 is 0 Å². The van der Waals surface area contributed by atoms with Crippen molar-refractivity contribution in [3.63, 3.8) is 0 Å². The van der Waals surface area contributed by atoms with Gasteiger partial charge in [0.15, 0.2) is 0 Å². The fourth-order valence-electron chi connectivity index (χ4n) is 4.82.